The first-order valence-corrected chi connectivity index (χ1v) is 12.2. The van der Waals surface area contributed by atoms with Crippen LogP contribution in [-0.2, 0) is 45.2 Å². The number of hydrogen-bond acceptors (Lipinski definition) is 11. The topological polar surface area (TPSA) is 158 Å². The van der Waals surface area contributed by atoms with Gasteiger partial charge in [-0.3, -0.25) is 9.59 Å². The minimum Gasteiger partial charge on any atom is -0.493 e. The van der Waals surface area contributed by atoms with Crippen LogP contribution in [0.3, 0.4) is 0 Å². The number of aliphatic hydroxyl groups is 1. The van der Waals surface area contributed by atoms with Crippen molar-refractivity contribution >= 4 is 23.9 Å². The van der Waals surface area contributed by atoms with Gasteiger partial charge in [0.25, 0.3) is 0 Å². The molecule has 0 saturated carbocycles. The molecule has 0 amide bonds. The number of esters is 3. The van der Waals surface area contributed by atoms with Crippen molar-refractivity contribution in [3.8, 4) is 11.5 Å². The van der Waals surface area contributed by atoms with Gasteiger partial charge in [0.2, 0.25) is 12.2 Å². The van der Waals surface area contributed by atoms with Crippen LogP contribution in [0.4, 0.5) is 0 Å². The lowest BCUT2D eigenvalue weighted by Gasteiger charge is -2.61. The number of aliphatic carboxylic acids is 1. The molecule has 12 nitrogen and oxygen atoms in total. The number of likely N-dealkylation sites (N-methyl/N-ethyl adjacent to an activating group) is 1. The van der Waals surface area contributed by atoms with Crippen LogP contribution in [0.1, 0.15) is 37.8 Å². The standard InChI is InChI=1S/C26H29NO11/c1-12(28)35-20(23(30)31)21(36-13(2)29)24(32)37-16-7-8-26(33)17-11-14-5-6-15(34-4)19-18(14)25(26,22(16)38-19)9-10-27(17)3/h5-7,17,20-22,33H,8-11H2,1-4H3,(H,30,31)/t17-,20-,21-,22+,25+,26-/m0/s1. The van der Waals surface area contributed by atoms with Crippen LogP contribution < -0.4 is 9.47 Å². The van der Waals surface area contributed by atoms with Crippen LogP contribution in [0.5, 0.6) is 11.5 Å². The predicted octanol–water partition coefficient (Wildman–Crippen LogP) is 0.464. The molecule has 5 rings (SSSR count). The zero-order chi connectivity index (χ0) is 27.6. The van der Waals surface area contributed by atoms with E-state index in [1.54, 1.807) is 12.1 Å². The van der Waals surface area contributed by atoms with Gasteiger partial charge < -0.3 is 38.8 Å². The SMILES string of the molecule is COc1ccc2c3c1O[C@@H]1C(OC(=O)[C@@H](OC(C)=O)[C@H](OC(C)=O)C(=O)O)=CC[C@]4(O)[C@H](C2)N(C)CC[C@@]314. The van der Waals surface area contributed by atoms with Crippen LogP contribution in [0, 0.1) is 0 Å². The van der Waals surface area contributed by atoms with Crippen LogP contribution in [0.15, 0.2) is 24.0 Å². The molecule has 2 aliphatic carbocycles. The number of ether oxygens (including phenoxy) is 5. The summed E-state index contributed by atoms with van der Waals surface area (Å²) >= 11 is 0. The van der Waals surface area contributed by atoms with Crippen molar-refractivity contribution in [2.24, 2.45) is 0 Å². The summed E-state index contributed by atoms with van der Waals surface area (Å²) in [6.45, 7) is 2.59. The van der Waals surface area contributed by atoms with E-state index in [2.05, 4.69) is 4.90 Å². The molecule has 4 aliphatic rings. The van der Waals surface area contributed by atoms with Crippen LogP contribution in [0.25, 0.3) is 0 Å². The summed E-state index contributed by atoms with van der Waals surface area (Å²) in [6.07, 6.45) is -2.38. The lowest BCUT2D eigenvalue weighted by atomic mass is 9.50. The highest BCUT2D eigenvalue weighted by molar-refractivity contribution is 5.88. The Kier molecular flexibility index (Phi) is 6.14. The summed E-state index contributed by atoms with van der Waals surface area (Å²) < 4.78 is 27.3. The number of likely N-dealkylation sites (tertiary alicyclic amines) is 1. The summed E-state index contributed by atoms with van der Waals surface area (Å²) in [5, 5.41) is 21.8. The minimum absolute atomic E-state index is 0.0400. The van der Waals surface area contributed by atoms with E-state index in [1.807, 2.05) is 13.1 Å². The third kappa shape index (κ3) is 3.57. The molecule has 204 valence electrons. The normalized spacial score (nSPS) is 30.1. The van der Waals surface area contributed by atoms with Crippen molar-refractivity contribution in [2.75, 3.05) is 20.7 Å². The fourth-order valence-corrected chi connectivity index (χ4v) is 6.59. The van der Waals surface area contributed by atoms with Crippen molar-refractivity contribution in [1.29, 1.82) is 0 Å². The lowest BCUT2D eigenvalue weighted by Crippen LogP contribution is -2.74. The maximum atomic E-state index is 13.3. The van der Waals surface area contributed by atoms with E-state index < -0.39 is 53.2 Å². The van der Waals surface area contributed by atoms with Crippen LogP contribution >= 0.6 is 0 Å². The molecule has 2 bridgehead atoms. The van der Waals surface area contributed by atoms with Crippen molar-refractivity contribution in [3.05, 3.63) is 35.1 Å². The van der Waals surface area contributed by atoms with E-state index in [0.29, 0.717) is 30.9 Å². The Morgan fingerprint density at radius 3 is 2.45 bits per heavy atom. The number of carbonyl (C=O) groups is 4. The molecular formula is C26H29NO11. The van der Waals surface area contributed by atoms with Gasteiger partial charge in [0, 0.05) is 31.9 Å². The van der Waals surface area contributed by atoms with Crippen molar-refractivity contribution in [2.45, 2.75) is 68.5 Å². The molecule has 2 heterocycles. The molecule has 38 heavy (non-hydrogen) atoms. The first-order chi connectivity index (χ1) is 17.9. The molecule has 0 aromatic heterocycles. The van der Waals surface area contributed by atoms with E-state index in [0.717, 1.165) is 25.0 Å². The minimum atomic E-state index is -2.13. The number of piperidine rings is 1. The van der Waals surface area contributed by atoms with Gasteiger partial charge in [-0.15, -0.1) is 0 Å². The van der Waals surface area contributed by atoms with Crippen molar-refractivity contribution < 1.29 is 53.1 Å². The zero-order valence-corrected chi connectivity index (χ0v) is 21.4. The van der Waals surface area contributed by atoms with Gasteiger partial charge in [0.15, 0.2) is 17.6 Å². The molecule has 1 aromatic rings. The highest BCUT2D eigenvalue weighted by atomic mass is 16.6. The largest absolute Gasteiger partial charge is 0.493 e. The summed E-state index contributed by atoms with van der Waals surface area (Å²) in [5.74, 6) is -3.94. The smallest absolute Gasteiger partial charge is 0.357 e. The number of carboxylic acid groups (broad SMARTS) is 1. The lowest BCUT2D eigenvalue weighted by molar-refractivity contribution is -0.190. The third-order valence-electron chi connectivity index (χ3n) is 8.11. The Morgan fingerprint density at radius 2 is 1.82 bits per heavy atom. The maximum Gasteiger partial charge on any atom is 0.357 e. The first-order valence-electron chi connectivity index (χ1n) is 12.2. The summed E-state index contributed by atoms with van der Waals surface area (Å²) in [4.78, 5) is 50.4. The van der Waals surface area contributed by atoms with E-state index in [9.17, 15) is 29.4 Å². The molecule has 6 atom stereocenters. The second-order valence-electron chi connectivity index (χ2n) is 10.1. The number of carboxylic acids is 1. The van der Waals surface area contributed by atoms with Gasteiger partial charge >= 0.3 is 23.9 Å². The quantitative estimate of drug-likeness (QED) is 0.371. The maximum absolute atomic E-state index is 13.3. The molecule has 1 fully saturated rings. The van der Waals surface area contributed by atoms with E-state index >= 15 is 0 Å². The van der Waals surface area contributed by atoms with Crippen LogP contribution in [0.2, 0.25) is 0 Å². The summed E-state index contributed by atoms with van der Waals surface area (Å²) in [5.41, 5.74) is -0.404. The number of nitrogens with zero attached hydrogens (tertiary/aromatic N) is 1. The zero-order valence-electron chi connectivity index (χ0n) is 21.4. The molecule has 0 radical (unpaired) electrons. The number of benzene rings is 1. The molecular weight excluding hydrogens is 502 g/mol. The molecule has 2 aliphatic heterocycles. The Hall–Kier alpha value is -3.64. The summed E-state index contributed by atoms with van der Waals surface area (Å²) in [7, 11) is 3.47. The van der Waals surface area contributed by atoms with Gasteiger partial charge in [0.1, 0.15) is 5.76 Å². The second-order valence-corrected chi connectivity index (χ2v) is 10.1. The average Bonchev–Trinajstić information content (AvgIpc) is 3.20. The fourth-order valence-electron chi connectivity index (χ4n) is 6.59. The molecule has 2 N–H and O–H groups in total. The predicted molar refractivity (Wildman–Crippen MR) is 126 cm³/mol. The van der Waals surface area contributed by atoms with E-state index in [4.69, 9.17) is 23.7 Å². The summed E-state index contributed by atoms with van der Waals surface area (Å²) in [6, 6.07) is 3.52. The van der Waals surface area contributed by atoms with Crippen molar-refractivity contribution in [3.63, 3.8) is 0 Å². The number of methoxy groups -OCH3 is 1. The Balaban J connectivity index is 1.56. The second kappa shape index (κ2) is 8.98. The van der Waals surface area contributed by atoms with Gasteiger partial charge in [-0.2, -0.15) is 0 Å². The van der Waals surface area contributed by atoms with Gasteiger partial charge in [-0.1, -0.05) is 6.07 Å². The van der Waals surface area contributed by atoms with E-state index in [1.165, 1.54) is 7.11 Å². The molecule has 12 heteroatoms. The number of carbonyl (C=O) groups excluding carboxylic acids is 3. The molecule has 1 aromatic carbocycles. The molecule has 0 unspecified atom stereocenters. The Morgan fingerprint density at radius 1 is 1.13 bits per heavy atom. The Bertz CT molecular complexity index is 1260. The van der Waals surface area contributed by atoms with Gasteiger partial charge in [-0.25, -0.2) is 9.59 Å². The van der Waals surface area contributed by atoms with Gasteiger partial charge in [-0.05, 0) is 44.1 Å². The Labute approximate surface area is 218 Å². The van der Waals surface area contributed by atoms with E-state index in [-0.39, 0.29) is 18.2 Å². The first kappa shape index (κ1) is 26.0. The number of hydrogen-bond donors (Lipinski definition) is 2. The highest BCUT2D eigenvalue weighted by Gasteiger charge is 2.72. The molecule has 1 saturated heterocycles. The fraction of sp³-hybridized carbons (Fsp3) is 0.538. The average molecular weight is 532 g/mol. The van der Waals surface area contributed by atoms with Crippen LogP contribution in [-0.4, -0.2) is 89.6 Å². The molecule has 1 spiro atoms. The van der Waals surface area contributed by atoms with Crippen molar-refractivity contribution in [1.82, 2.24) is 4.90 Å². The highest BCUT2D eigenvalue weighted by Crippen LogP contribution is 2.65. The van der Waals surface area contributed by atoms with Gasteiger partial charge in [0.05, 0.1) is 18.1 Å². The number of rotatable bonds is 7. The monoisotopic (exact) mass is 531 g/mol. The third-order valence-corrected chi connectivity index (χ3v) is 8.11.